The molecule has 1 aromatic carbocycles. The van der Waals surface area contributed by atoms with Gasteiger partial charge in [-0.05, 0) is 31.5 Å². The highest BCUT2D eigenvalue weighted by Crippen LogP contribution is 2.27. The van der Waals surface area contributed by atoms with Crippen molar-refractivity contribution in [2.45, 2.75) is 20.4 Å². The second-order valence-electron chi connectivity index (χ2n) is 5.81. The first-order valence-corrected chi connectivity index (χ1v) is 7.90. The van der Waals surface area contributed by atoms with Crippen molar-refractivity contribution in [2.75, 3.05) is 31.1 Å². The van der Waals surface area contributed by atoms with Crippen molar-refractivity contribution in [1.82, 2.24) is 9.88 Å². The fourth-order valence-corrected chi connectivity index (χ4v) is 3.32. The van der Waals surface area contributed by atoms with Crippen LogP contribution in [0.15, 0.2) is 23.1 Å². The Kier molecular flexibility index (Phi) is 4.09. The summed E-state index contributed by atoms with van der Waals surface area (Å²) in [7, 11) is 0. The van der Waals surface area contributed by atoms with Crippen molar-refractivity contribution in [1.29, 1.82) is 0 Å². The van der Waals surface area contributed by atoms with Crippen molar-refractivity contribution in [3.8, 4) is 0 Å². The molecule has 6 heteroatoms. The first-order chi connectivity index (χ1) is 11.0. The maximum absolute atomic E-state index is 12.5. The van der Waals surface area contributed by atoms with E-state index in [1.165, 1.54) is 6.20 Å². The number of aromatic carboxylic acids is 1. The van der Waals surface area contributed by atoms with Crippen molar-refractivity contribution in [3.63, 3.8) is 0 Å². The van der Waals surface area contributed by atoms with E-state index in [9.17, 15) is 14.7 Å². The molecule has 1 aromatic heterocycles. The Morgan fingerprint density at radius 2 is 2.00 bits per heavy atom. The Labute approximate surface area is 134 Å². The standard InChI is InChI=1S/C17H21N3O3/c1-3-19-10-13(17(22)23)16(21)12-4-5-14(11(2)15(12)19)20-8-6-18-7-9-20/h4-5,10,18H,3,6-9H2,1-2H3,(H,22,23). The second-order valence-corrected chi connectivity index (χ2v) is 5.81. The molecule has 6 nitrogen and oxygen atoms in total. The molecule has 0 saturated carbocycles. The van der Waals surface area contributed by atoms with Gasteiger partial charge in [-0.1, -0.05) is 0 Å². The van der Waals surface area contributed by atoms with Crippen LogP contribution < -0.4 is 15.6 Å². The van der Waals surface area contributed by atoms with Gasteiger partial charge in [-0.2, -0.15) is 0 Å². The fourth-order valence-electron chi connectivity index (χ4n) is 3.32. The van der Waals surface area contributed by atoms with Crippen LogP contribution in [-0.2, 0) is 6.54 Å². The Bertz CT molecular complexity index is 820. The number of piperazine rings is 1. The highest BCUT2D eigenvalue weighted by atomic mass is 16.4. The van der Waals surface area contributed by atoms with Gasteiger partial charge in [0.15, 0.2) is 0 Å². The zero-order valence-corrected chi connectivity index (χ0v) is 13.4. The van der Waals surface area contributed by atoms with Crippen LogP contribution >= 0.6 is 0 Å². The molecule has 1 aliphatic rings. The van der Waals surface area contributed by atoms with E-state index >= 15 is 0 Å². The number of pyridine rings is 1. The molecule has 2 heterocycles. The van der Waals surface area contributed by atoms with E-state index in [4.69, 9.17) is 0 Å². The van der Waals surface area contributed by atoms with Gasteiger partial charge in [0.1, 0.15) is 5.56 Å². The Morgan fingerprint density at radius 3 is 2.61 bits per heavy atom. The third-order valence-corrected chi connectivity index (χ3v) is 4.49. The molecule has 0 bridgehead atoms. The van der Waals surface area contributed by atoms with Crippen LogP contribution in [-0.4, -0.2) is 41.8 Å². The molecule has 1 aliphatic heterocycles. The molecule has 0 radical (unpaired) electrons. The Morgan fingerprint density at radius 1 is 1.30 bits per heavy atom. The SMILES string of the molecule is CCn1cc(C(=O)O)c(=O)c2ccc(N3CCNCC3)c(C)c21. The average molecular weight is 315 g/mol. The van der Waals surface area contributed by atoms with Crippen LogP contribution in [0.25, 0.3) is 10.9 Å². The van der Waals surface area contributed by atoms with Crippen molar-refractivity contribution < 1.29 is 9.90 Å². The minimum Gasteiger partial charge on any atom is -0.477 e. The number of carboxylic acids is 1. The van der Waals surface area contributed by atoms with E-state index in [0.29, 0.717) is 11.9 Å². The highest BCUT2D eigenvalue weighted by molar-refractivity contribution is 5.95. The van der Waals surface area contributed by atoms with E-state index in [2.05, 4.69) is 10.2 Å². The van der Waals surface area contributed by atoms with Crippen LogP contribution in [0.1, 0.15) is 22.8 Å². The van der Waals surface area contributed by atoms with E-state index in [-0.39, 0.29) is 5.56 Å². The summed E-state index contributed by atoms with van der Waals surface area (Å²) in [5.74, 6) is -1.18. The predicted molar refractivity (Wildman–Crippen MR) is 90.7 cm³/mol. The molecule has 1 saturated heterocycles. The van der Waals surface area contributed by atoms with Crippen molar-refractivity contribution in [3.05, 3.63) is 39.7 Å². The number of carbonyl (C=O) groups is 1. The number of nitrogens with zero attached hydrogens (tertiary/aromatic N) is 2. The van der Waals surface area contributed by atoms with Gasteiger partial charge in [0, 0.05) is 50.0 Å². The lowest BCUT2D eigenvalue weighted by molar-refractivity contribution is 0.0695. The molecule has 0 unspecified atom stereocenters. The van der Waals surface area contributed by atoms with Gasteiger partial charge in [0.25, 0.3) is 0 Å². The fraction of sp³-hybridized carbons (Fsp3) is 0.412. The van der Waals surface area contributed by atoms with Gasteiger partial charge < -0.3 is 19.9 Å². The second kappa shape index (κ2) is 6.04. The number of hydrogen-bond acceptors (Lipinski definition) is 4. The number of hydrogen-bond donors (Lipinski definition) is 2. The van der Waals surface area contributed by atoms with E-state index in [1.807, 2.05) is 24.5 Å². The molecule has 0 aliphatic carbocycles. The summed E-state index contributed by atoms with van der Waals surface area (Å²) in [5, 5.41) is 13.1. The molecule has 2 N–H and O–H groups in total. The molecule has 122 valence electrons. The molecule has 3 rings (SSSR count). The van der Waals surface area contributed by atoms with Crippen LogP contribution in [0.3, 0.4) is 0 Å². The van der Waals surface area contributed by atoms with Gasteiger partial charge in [-0.15, -0.1) is 0 Å². The highest BCUT2D eigenvalue weighted by Gasteiger charge is 2.19. The van der Waals surface area contributed by atoms with Gasteiger partial charge >= 0.3 is 5.97 Å². The number of carboxylic acid groups (broad SMARTS) is 1. The number of aryl methyl sites for hydroxylation is 2. The summed E-state index contributed by atoms with van der Waals surface area (Å²) < 4.78 is 1.86. The van der Waals surface area contributed by atoms with Crippen molar-refractivity contribution >= 4 is 22.6 Å². The third kappa shape index (κ3) is 2.59. The van der Waals surface area contributed by atoms with Crippen molar-refractivity contribution in [2.24, 2.45) is 0 Å². The van der Waals surface area contributed by atoms with E-state index < -0.39 is 11.4 Å². The summed E-state index contributed by atoms with van der Waals surface area (Å²) in [6.45, 7) is 8.30. The molecule has 23 heavy (non-hydrogen) atoms. The molecular weight excluding hydrogens is 294 g/mol. The van der Waals surface area contributed by atoms with Crippen LogP contribution in [0, 0.1) is 6.92 Å². The number of anilines is 1. The van der Waals surface area contributed by atoms with Crippen LogP contribution in [0.4, 0.5) is 5.69 Å². The molecule has 0 atom stereocenters. The largest absolute Gasteiger partial charge is 0.477 e. The van der Waals surface area contributed by atoms with Gasteiger partial charge in [0.2, 0.25) is 5.43 Å². The quantitative estimate of drug-likeness (QED) is 0.896. The zero-order valence-electron chi connectivity index (χ0n) is 13.4. The normalized spacial score (nSPS) is 15.1. The molecule has 0 spiro atoms. The lowest BCUT2D eigenvalue weighted by atomic mass is 10.0. The lowest BCUT2D eigenvalue weighted by Gasteiger charge is -2.31. The smallest absolute Gasteiger partial charge is 0.341 e. The maximum Gasteiger partial charge on any atom is 0.341 e. The molecule has 2 aromatic rings. The van der Waals surface area contributed by atoms with E-state index in [1.54, 1.807) is 6.07 Å². The summed E-state index contributed by atoms with van der Waals surface area (Å²) in [4.78, 5) is 26.1. The molecule has 0 amide bonds. The minimum atomic E-state index is -1.18. The number of aromatic nitrogens is 1. The zero-order chi connectivity index (χ0) is 16.6. The lowest BCUT2D eigenvalue weighted by Crippen LogP contribution is -2.43. The maximum atomic E-state index is 12.5. The number of rotatable bonds is 3. The third-order valence-electron chi connectivity index (χ3n) is 4.49. The number of benzene rings is 1. The summed E-state index contributed by atoms with van der Waals surface area (Å²) in [6, 6.07) is 3.71. The first-order valence-electron chi connectivity index (χ1n) is 7.90. The monoisotopic (exact) mass is 315 g/mol. The summed E-state index contributed by atoms with van der Waals surface area (Å²) in [6.07, 6.45) is 1.46. The van der Waals surface area contributed by atoms with Gasteiger partial charge in [0.05, 0.1) is 5.52 Å². The van der Waals surface area contributed by atoms with E-state index in [0.717, 1.165) is 42.9 Å². The summed E-state index contributed by atoms with van der Waals surface area (Å²) in [5.41, 5.74) is 2.39. The van der Waals surface area contributed by atoms with Crippen LogP contribution in [0.5, 0.6) is 0 Å². The molecular formula is C17H21N3O3. The minimum absolute atomic E-state index is 0.173. The number of nitrogens with one attached hydrogen (secondary N) is 1. The summed E-state index contributed by atoms with van der Waals surface area (Å²) >= 11 is 0. The number of fused-ring (bicyclic) bond motifs is 1. The topological polar surface area (TPSA) is 74.6 Å². The van der Waals surface area contributed by atoms with Gasteiger partial charge in [-0.25, -0.2) is 4.79 Å². The van der Waals surface area contributed by atoms with Crippen LogP contribution in [0.2, 0.25) is 0 Å². The molecule has 1 fully saturated rings. The Hall–Kier alpha value is -2.34. The average Bonchev–Trinajstić information content (AvgIpc) is 2.56. The Balaban J connectivity index is 2.26. The first kappa shape index (κ1) is 15.6. The van der Waals surface area contributed by atoms with Gasteiger partial charge in [-0.3, -0.25) is 4.79 Å². The predicted octanol–water partition coefficient (Wildman–Crippen LogP) is 1.44.